The lowest BCUT2D eigenvalue weighted by Crippen LogP contribution is -2.38. The van der Waals surface area contributed by atoms with Crippen molar-refractivity contribution in [3.8, 4) is 11.1 Å². The minimum absolute atomic E-state index is 0.0780. The summed E-state index contributed by atoms with van der Waals surface area (Å²) in [7, 11) is 0. The number of aryl methyl sites for hydroxylation is 1. The molecule has 0 radical (unpaired) electrons. The molecule has 2 amide bonds. The van der Waals surface area contributed by atoms with E-state index < -0.39 is 0 Å². The summed E-state index contributed by atoms with van der Waals surface area (Å²) in [6.45, 7) is 5.93. The summed E-state index contributed by atoms with van der Waals surface area (Å²) >= 11 is 0. The molecule has 0 spiro atoms. The number of nitrogens with one attached hydrogen (secondary N) is 1. The number of amides is 2. The number of carbonyl (C=O) groups is 2. The van der Waals surface area contributed by atoms with E-state index in [0.29, 0.717) is 43.7 Å². The van der Waals surface area contributed by atoms with Crippen molar-refractivity contribution in [2.24, 2.45) is 5.92 Å². The first-order valence-corrected chi connectivity index (χ1v) is 11.4. The highest BCUT2D eigenvalue weighted by molar-refractivity contribution is 5.95. The van der Waals surface area contributed by atoms with Crippen molar-refractivity contribution in [3.05, 3.63) is 77.4 Å². The van der Waals surface area contributed by atoms with Gasteiger partial charge in [0, 0.05) is 37.4 Å². The van der Waals surface area contributed by atoms with Crippen LogP contribution in [0, 0.1) is 18.7 Å². The molecule has 0 aliphatic carbocycles. The van der Waals surface area contributed by atoms with E-state index in [9.17, 15) is 14.0 Å². The molecule has 1 saturated heterocycles. The van der Waals surface area contributed by atoms with E-state index in [1.807, 2.05) is 49.1 Å². The van der Waals surface area contributed by atoms with Crippen LogP contribution >= 0.6 is 0 Å². The summed E-state index contributed by atoms with van der Waals surface area (Å²) < 4.78 is 14.1. The average molecular weight is 449 g/mol. The quantitative estimate of drug-likeness (QED) is 0.618. The first kappa shape index (κ1) is 22.7. The minimum Gasteiger partial charge on any atom is -0.341 e. The van der Waals surface area contributed by atoms with Crippen LogP contribution in [0.5, 0.6) is 0 Å². The van der Waals surface area contributed by atoms with E-state index in [2.05, 4.69) is 10.2 Å². The van der Waals surface area contributed by atoms with Crippen molar-refractivity contribution in [3.63, 3.8) is 0 Å². The predicted molar refractivity (Wildman–Crippen MR) is 125 cm³/mol. The molecule has 1 fully saturated rings. The Labute approximate surface area is 193 Å². The summed E-state index contributed by atoms with van der Waals surface area (Å²) in [6.07, 6.45) is 2.93. The molecule has 1 N–H and O–H groups in total. The van der Waals surface area contributed by atoms with Gasteiger partial charge in [-0.05, 0) is 37.0 Å². The molecule has 1 atom stereocenters. The van der Waals surface area contributed by atoms with E-state index in [-0.39, 0.29) is 23.5 Å². The number of halogens is 1. The molecule has 6 nitrogen and oxygen atoms in total. The van der Waals surface area contributed by atoms with Crippen LogP contribution in [0.1, 0.15) is 35.0 Å². The number of hydrogen-bond donors (Lipinski definition) is 1. The van der Waals surface area contributed by atoms with E-state index in [0.717, 1.165) is 23.2 Å². The number of carbonyl (C=O) groups excluding carboxylic acids is 2. The zero-order valence-electron chi connectivity index (χ0n) is 19.1. The summed E-state index contributed by atoms with van der Waals surface area (Å²) in [5, 5.41) is 6.78. The summed E-state index contributed by atoms with van der Waals surface area (Å²) in [5.74, 6) is -0.626. The monoisotopic (exact) mass is 448 g/mol. The van der Waals surface area contributed by atoms with Crippen molar-refractivity contribution in [1.82, 2.24) is 20.0 Å². The fourth-order valence-corrected chi connectivity index (χ4v) is 4.41. The van der Waals surface area contributed by atoms with Crippen LogP contribution in [-0.2, 0) is 11.2 Å². The first-order chi connectivity index (χ1) is 16.0. The van der Waals surface area contributed by atoms with Gasteiger partial charge >= 0.3 is 0 Å². The molecule has 2 aromatic carbocycles. The Morgan fingerprint density at radius 2 is 1.91 bits per heavy atom. The number of aromatic amines is 1. The Hall–Kier alpha value is -3.48. The van der Waals surface area contributed by atoms with Gasteiger partial charge < -0.3 is 9.80 Å². The summed E-state index contributed by atoms with van der Waals surface area (Å²) in [4.78, 5) is 30.1. The number of nitrogens with zero attached hydrogens (tertiary/aromatic N) is 3. The minimum atomic E-state index is -0.338. The van der Waals surface area contributed by atoms with Crippen molar-refractivity contribution >= 4 is 11.8 Å². The molecule has 1 aromatic heterocycles. The van der Waals surface area contributed by atoms with Crippen LogP contribution in [0.2, 0.25) is 0 Å². The predicted octanol–water partition coefficient (Wildman–Crippen LogP) is 4.08. The zero-order chi connectivity index (χ0) is 23.4. The largest absolute Gasteiger partial charge is 0.341 e. The SMILES string of the molecule is CCCN1CCN(C(=O)c2cn[nH]c2C)C[C@H](Cc2ccc(-c3ccccc3F)cc2)C1=O. The standard InChI is InChI=1S/C26H29FN4O2/c1-3-12-30-13-14-31(26(33)23-16-28-29-18(23)2)17-21(25(30)32)15-19-8-10-20(11-9-19)22-6-4-5-7-24(22)27/h4-11,16,21H,3,12-15,17H2,1-2H3,(H,28,29)/t21-/m0/s1. The lowest BCUT2D eigenvalue weighted by molar-refractivity contribution is -0.134. The van der Waals surface area contributed by atoms with Crippen LogP contribution in [0.25, 0.3) is 11.1 Å². The normalized spacial score (nSPS) is 16.7. The smallest absolute Gasteiger partial charge is 0.257 e. The third-order valence-electron chi connectivity index (χ3n) is 6.20. The molecule has 0 unspecified atom stereocenters. The number of benzene rings is 2. The highest BCUT2D eigenvalue weighted by Gasteiger charge is 2.33. The van der Waals surface area contributed by atoms with Gasteiger partial charge in [0.25, 0.3) is 5.91 Å². The maximum absolute atomic E-state index is 14.1. The van der Waals surface area contributed by atoms with Gasteiger partial charge in [0.15, 0.2) is 0 Å². The fraction of sp³-hybridized carbons (Fsp3) is 0.346. The Bertz CT molecular complexity index is 1130. The van der Waals surface area contributed by atoms with E-state index in [1.165, 1.54) is 6.07 Å². The van der Waals surface area contributed by atoms with Crippen LogP contribution < -0.4 is 0 Å². The third-order valence-corrected chi connectivity index (χ3v) is 6.20. The zero-order valence-corrected chi connectivity index (χ0v) is 19.1. The molecule has 33 heavy (non-hydrogen) atoms. The maximum Gasteiger partial charge on any atom is 0.257 e. The van der Waals surface area contributed by atoms with Crippen LogP contribution in [0.15, 0.2) is 54.7 Å². The van der Waals surface area contributed by atoms with Gasteiger partial charge in [0.1, 0.15) is 5.82 Å². The maximum atomic E-state index is 14.1. The van der Waals surface area contributed by atoms with Crippen LogP contribution in [0.3, 0.4) is 0 Å². The molecule has 3 aromatic rings. The summed E-state index contributed by atoms with van der Waals surface area (Å²) in [6, 6.07) is 14.3. The number of H-pyrrole nitrogens is 1. The molecular formula is C26H29FN4O2. The van der Waals surface area contributed by atoms with E-state index in [4.69, 9.17) is 0 Å². The van der Waals surface area contributed by atoms with Crippen LogP contribution in [-0.4, -0.2) is 58.0 Å². The van der Waals surface area contributed by atoms with Gasteiger partial charge in [-0.15, -0.1) is 0 Å². The van der Waals surface area contributed by atoms with Crippen molar-refractivity contribution in [1.29, 1.82) is 0 Å². The van der Waals surface area contributed by atoms with Crippen molar-refractivity contribution < 1.29 is 14.0 Å². The first-order valence-electron chi connectivity index (χ1n) is 11.4. The molecular weight excluding hydrogens is 419 g/mol. The highest BCUT2D eigenvalue weighted by atomic mass is 19.1. The Balaban J connectivity index is 1.55. The topological polar surface area (TPSA) is 69.3 Å². The molecule has 4 rings (SSSR count). The van der Waals surface area contributed by atoms with Gasteiger partial charge in [-0.3, -0.25) is 14.7 Å². The van der Waals surface area contributed by atoms with Crippen molar-refractivity contribution in [2.75, 3.05) is 26.2 Å². The lowest BCUT2D eigenvalue weighted by Gasteiger charge is -2.24. The average Bonchev–Trinajstić information content (AvgIpc) is 3.19. The molecule has 0 bridgehead atoms. The third kappa shape index (κ3) is 4.97. The number of rotatable bonds is 6. The van der Waals surface area contributed by atoms with E-state index >= 15 is 0 Å². The van der Waals surface area contributed by atoms with Gasteiger partial charge in [-0.2, -0.15) is 5.10 Å². The number of aromatic nitrogens is 2. The van der Waals surface area contributed by atoms with Crippen LogP contribution in [0.4, 0.5) is 4.39 Å². The Morgan fingerprint density at radius 1 is 1.15 bits per heavy atom. The van der Waals surface area contributed by atoms with Gasteiger partial charge in [-0.1, -0.05) is 49.4 Å². The van der Waals surface area contributed by atoms with Crippen molar-refractivity contribution in [2.45, 2.75) is 26.7 Å². The van der Waals surface area contributed by atoms with E-state index in [1.54, 1.807) is 23.2 Å². The second-order valence-corrected chi connectivity index (χ2v) is 8.56. The molecule has 2 heterocycles. The Kier molecular flexibility index (Phi) is 6.87. The number of hydrogen-bond acceptors (Lipinski definition) is 3. The van der Waals surface area contributed by atoms with Gasteiger partial charge in [0.05, 0.1) is 17.7 Å². The van der Waals surface area contributed by atoms with Gasteiger partial charge in [0.2, 0.25) is 5.91 Å². The molecule has 7 heteroatoms. The second-order valence-electron chi connectivity index (χ2n) is 8.56. The summed E-state index contributed by atoms with van der Waals surface area (Å²) in [5.41, 5.74) is 3.60. The Morgan fingerprint density at radius 3 is 2.58 bits per heavy atom. The van der Waals surface area contributed by atoms with Gasteiger partial charge in [-0.25, -0.2) is 4.39 Å². The fourth-order valence-electron chi connectivity index (χ4n) is 4.41. The second kappa shape index (κ2) is 9.98. The molecule has 0 saturated carbocycles. The highest BCUT2D eigenvalue weighted by Crippen LogP contribution is 2.25. The lowest BCUT2D eigenvalue weighted by atomic mass is 9.95. The molecule has 1 aliphatic rings. The molecule has 1 aliphatic heterocycles. The molecule has 172 valence electrons.